The molecule has 0 saturated carbocycles. The third-order valence-electron chi connectivity index (χ3n) is 3.38. The number of nitro groups is 1. The lowest BCUT2D eigenvalue weighted by Gasteiger charge is -2.14. The Hall–Kier alpha value is -3.22. The van der Waals surface area contributed by atoms with Gasteiger partial charge in [0.25, 0.3) is 5.91 Å². The summed E-state index contributed by atoms with van der Waals surface area (Å²) in [6.45, 7) is 3.41. The van der Waals surface area contributed by atoms with Gasteiger partial charge in [0.15, 0.2) is 6.04 Å². The molecule has 2 aromatic heterocycles. The zero-order valence-electron chi connectivity index (χ0n) is 12.8. The fourth-order valence-electron chi connectivity index (χ4n) is 2.21. The van der Waals surface area contributed by atoms with E-state index in [0.29, 0.717) is 12.1 Å². The van der Waals surface area contributed by atoms with Gasteiger partial charge in [-0.25, -0.2) is 0 Å². The van der Waals surface area contributed by atoms with E-state index in [4.69, 9.17) is 5.26 Å². The van der Waals surface area contributed by atoms with E-state index in [9.17, 15) is 14.9 Å². The SMILES string of the molecule is CCC(C(=O)Nc1c(C#N)cnn1C)n1nc([N+](=O)[O-])cc1C. The molecule has 2 rings (SSSR count). The fourth-order valence-corrected chi connectivity index (χ4v) is 2.21. The number of aromatic nitrogens is 4. The number of hydrogen-bond donors (Lipinski definition) is 1. The van der Waals surface area contributed by atoms with E-state index in [1.807, 2.05) is 6.07 Å². The van der Waals surface area contributed by atoms with Gasteiger partial charge in [0, 0.05) is 7.05 Å². The minimum atomic E-state index is -0.731. The van der Waals surface area contributed by atoms with E-state index >= 15 is 0 Å². The average molecular weight is 317 g/mol. The summed E-state index contributed by atoms with van der Waals surface area (Å²) in [5.74, 6) is -0.462. The molecule has 2 aromatic rings. The molecule has 0 aliphatic rings. The Kier molecular flexibility index (Phi) is 4.40. The zero-order valence-corrected chi connectivity index (χ0v) is 12.8. The summed E-state index contributed by atoms with van der Waals surface area (Å²) in [7, 11) is 1.60. The Bertz CT molecular complexity index is 799. The van der Waals surface area contributed by atoms with Gasteiger partial charge >= 0.3 is 5.82 Å². The third kappa shape index (κ3) is 3.03. The summed E-state index contributed by atoms with van der Waals surface area (Å²) in [5.41, 5.74) is 0.739. The first-order chi connectivity index (χ1) is 10.9. The second-order valence-electron chi connectivity index (χ2n) is 4.90. The normalized spacial score (nSPS) is 11.7. The van der Waals surface area contributed by atoms with Gasteiger partial charge in [0.05, 0.1) is 23.1 Å². The highest BCUT2D eigenvalue weighted by Crippen LogP contribution is 2.21. The average Bonchev–Trinajstić information content (AvgIpc) is 3.05. The van der Waals surface area contributed by atoms with Crippen molar-refractivity contribution >= 4 is 17.5 Å². The molecule has 0 radical (unpaired) electrons. The Labute approximate surface area is 131 Å². The molecule has 0 bridgehead atoms. The van der Waals surface area contributed by atoms with Gasteiger partial charge in [-0.2, -0.15) is 15.0 Å². The Balaban J connectivity index is 2.31. The molecular weight excluding hydrogens is 302 g/mol. The fraction of sp³-hybridized carbons (Fsp3) is 0.385. The number of nitrogens with one attached hydrogen (secondary N) is 1. The molecule has 2 heterocycles. The summed E-state index contributed by atoms with van der Waals surface area (Å²) in [4.78, 5) is 22.7. The van der Waals surface area contributed by atoms with Gasteiger partial charge in [-0.15, -0.1) is 0 Å². The topological polar surface area (TPSA) is 132 Å². The van der Waals surface area contributed by atoms with Crippen molar-refractivity contribution < 1.29 is 9.72 Å². The van der Waals surface area contributed by atoms with Crippen molar-refractivity contribution in [3.05, 3.63) is 33.6 Å². The number of anilines is 1. The molecule has 0 aliphatic heterocycles. The molecule has 120 valence electrons. The van der Waals surface area contributed by atoms with Crippen LogP contribution >= 0.6 is 0 Å². The van der Waals surface area contributed by atoms with Crippen molar-refractivity contribution in [2.24, 2.45) is 7.05 Å². The van der Waals surface area contributed by atoms with Gasteiger partial charge in [-0.1, -0.05) is 6.92 Å². The molecule has 10 heteroatoms. The number of carbonyl (C=O) groups is 1. The van der Waals surface area contributed by atoms with Crippen LogP contribution in [0.5, 0.6) is 0 Å². The summed E-state index contributed by atoms with van der Waals surface area (Å²) in [5, 5.41) is 30.2. The van der Waals surface area contributed by atoms with Gasteiger partial charge < -0.3 is 15.4 Å². The van der Waals surface area contributed by atoms with Crippen LogP contribution in [-0.2, 0) is 11.8 Å². The number of aryl methyl sites for hydroxylation is 2. The number of nitriles is 1. The van der Waals surface area contributed by atoms with Crippen molar-refractivity contribution in [2.75, 3.05) is 5.32 Å². The van der Waals surface area contributed by atoms with Gasteiger partial charge in [-0.05, 0) is 18.3 Å². The van der Waals surface area contributed by atoms with E-state index in [-0.39, 0.29) is 17.2 Å². The molecule has 10 nitrogen and oxygen atoms in total. The summed E-state index contributed by atoms with van der Waals surface area (Å²) < 4.78 is 2.69. The van der Waals surface area contributed by atoms with Crippen LogP contribution in [0.15, 0.2) is 12.3 Å². The Morgan fingerprint density at radius 2 is 2.30 bits per heavy atom. The van der Waals surface area contributed by atoms with Crippen LogP contribution in [0.1, 0.15) is 30.6 Å². The monoisotopic (exact) mass is 317 g/mol. The molecule has 1 amide bonds. The molecule has 0 spiro atoms. The highest BCUT2D eigenvalue weighted by molar-refractivity contribution is 5.94. The van der Waals surface area contributed by atoms with E-state index in [1.54, 1.807) is 20.9 Å². The Morgan fingerprint density at radius 1 is 1.61 bits per heavy atom. The lowest BCUT2D eigenvalue weighted by Crippen LogP contribution is -2.28. The maximum Gasteiger partial charge on any atom is 0.390 e. The number of rotatable bonds is 5. The summed E-state index contributed by atoms with van der Waals surface area (Å²) in [6.07, 6.45) is 1.73. The second kappa shape index (κ2) is 6.27. The molecule has 1 atom stereocenters. The third-order valence-corrected chi connectivity index (χ3v) is 3.38. The van der Waals surface area contributed by atoms with Crippen molar-refractivity contribution in [2.45, 2.75) is 26.3 Å². The van der Waals surface area contributed by atoms with Gasteiger partial charge in [-0.3, -0.25) is 9.48 Å². The Morgan fingerprint density at radius 3 is 2.83 bits per heavy atom. The number of hydrogen-bond acceptors (Lipinski definition) is 6. The number of nitrogens with zero attached hydrogens (tertiary/aromatic N) is 6. The van der Waals surface area contributed by atoms with Crippen LogP contribution in [0, 0.1) is 28.4 Å². The molecule has 1 unspecified atom stereocenters. The molecule has 0 fully saturated rings. The summed E-state index contributed by atoms with van der Waals surface area (Å²) >= 11 is 0. The van der Waals surface area contributed by atoms with Crippen LogP contribution < -0.4 is 5.32 Å². The van der Waals surface area contributed by atoms with Gasteiger partial charge in [0.1, 0.15) is 17.5 Å². The van der Waals surface area contributed by atoms with Crippen LogP contribution in [0.3, 0.4) is 0 Å². The molecule has 0 aliphatic carbocycles. The van der Waals surface area contributed by atoms with E-state index in [2.05, 4.69) is 15.5 Å². The van der Waals surface area contributed by atoms with Crippen molar-refractivity contribution in [1.29, 1.82) is 5.26 Å². The lowest BCUT2D eigenvalue weighted by atomic mass is 10.2. The molecule has 0 aromatic carbocycles. The smallest absolute Gasteiger partial charge is 0.358 e. The first-order valence-corrected chi connectivity index (χ1v) is 6.82. The maximum absolute atomic E-state index is 12.5. The van der Waals surface area contributed by atoms with E-state index in [1.165, 1.54) is 21.6 Å². The maximum atomic E-state index is 12.5. The highest BCUT2D eigenvalue weighted by atomic mass is 16.6. The zero-order chi connectivity index (χ0) is 17.1. The molecular formula is C13H15N7O3. The van der Waals surface area contributed by atoms with E-state index in [0.717, 1.165) is 0 Å². The molecule has 1 N–H and O–H groups in total. The lowest BCUT2D eigenvalue weighted by molar-refractivity contribution is -0.389. The van der Waals surface area contributed by atoms with Crippen molar-refractivity contribution in [1.82, 2.24) is 19.6 Å². The largest absolute Gasteiger partial charge is 0.390 e. The second-order valence-corrected chi connectivity index (χ2v) is 4.90. The van der Waals surface area contributed by atoms with Crippen molar-refractivity contribution in [3.8, 4) is 6.07 Å². The van der Waals surface area contributed by atoms with Gasteiger partial charge in [0.2, 0.25) is 0 Å². The van der Waals surface area contributed by atoms with Crippen molar-refractivity contribution in [3.63, 3.8) is 0 Å². The van der Waals surface area contributed by atoms with E-state index < -0.39 is 16.9 Å². The molecule has 0 saturated heterocycles. The highest BCUT2D eigenvalue weighted by Gasteiger charge is 2.28. The summed E-state index contributed by atoms with van der Waals surface area (Å²) in [6, 6.07) is 2.51. The first-order valence-electron chi connectivity index (χ1n) is 6.82. The number of carbonyl (C=O) groups excluding carboxylic acids is 1. The van der Waals surface area contributed by atoms with Crippen LogP contribution in [0.25, 0.3) is 0 Å². The van der Waals surface area contributed by atoms with Crippen LogP contribution in [-0.4, -0.2) is 30.4 Å². The van der Waals surface area contributed by atoms with Crippen LogP contribution in [0.4, 0.5) is 11.6 Å². The minimum Gasteiger partial charge on any atom is -0.358 e. The predicted molar refractivity (Wildman–Crippen MR) is 79.5 cm³/mol. The van der Waals surface area contributed by atoms with Crippen LogP contribution in [0.2, 0.25) is 0 Å². The number of amides is 1. The predicted octanol–water partition coefficient (Wildman–Crippen LogP) is 1.29. The first kappa shape index (κ1) is 16.2. The molecule has 23 heavy (non-hydrogen) atoms. The quantitative estimate of drug-likeness (QED) is 0.653. The standard InChI is InChI=1S/C13H15N7O3/c1-4-10(19-8(2)5-11(17-19)20(22)23)13(21)16-12-9(6-14)7-15-18(12)3/h5,7,10H,4H2,1-3H3,(H,16,21). The minimum absolute atomic E-state index is 0.235.